The number of rotatable bonds is 13. The first-order valence-electron chi connectivity index (χ1n) is 21.8. The zero-order chi connectivity index (χ0) is 42.7. The van der Waals surface area contributed by atoms with Crippen molar-refractivity contribution in [3.05, 3.63) is 60.5 Å². The number of amides is 3. The van der Waals surface area contributed by atoms with Gasteiger partial charge in [-0.2, -0.15) is 4.98 Å². The molecular formula is C45H60N12O4. The minimum absolute atomic E-state index is 0.00151. The summed E-state index contributed by atoms with van der Waals surface area (Å²) >= 11 is 0. The lowest BCUT2D eigenvalue weighted by Gasteiger charge is -2.41. The molecule has 3 fully saturated rings. The lowest BCUT2D eigenvalue weighted by molar-refractivity contribution is -0.116. The molecular weight excluding hydrogens is 773 g/mol. The summed E-state index contributed by atoms with van der Waals surface area (Å²) in [6.45, 7) is 19.4. The molecule has 0 spiro atoms. The molecule has 0 unspecified atom stereocenters. The second-order valence-corrected chi connectivity index (χ2v) is 18.5. The number of aromatic amines is 1. The Hall–Kier alpha value is -5.77. The predicted molar refractivity (Wildman–Crippen MR) is 238 cm³/mol. The molecule has 16 nitrogen and oxygen atoms in total. The molecule has 3 saturated heterocycles. The minimum Gasteiger partial charge on any atom is -0.372 e. The van der Waals surface area contributed by atoms with Crippen LogP contribution in [0.5, 0.6) is 0 Å². The maximum absolute atomic E-state index is 13.1. The third kappa shape index (κ3) is 9.59. The van der Waals surface area contributed by atoms with Crippen molar-refractivity contribution in [3.8, 4) is 0 Å². The van der Waals surface area contributed by atoms with Gasteiger partial charge < -0.3 is 40.2 Å². The van der Waals surface area contributed by atoms with Crippen molar-refractivity contribution in [3.63, 3.8) is 0 Å². The predicted octanol–water partition coefficient (Wildman–Crippen LogP) is 5.33. The molecule has 8 rings (SSSR count). The molecule has 2 aromatic carbocycles. The Morgan fingerprint density at radius 1 is 0.852 bits per heavy atom. The van der Waals surface area contributed by atoms with Crippen LogP contribution in [-0.2, 0) is 15.0 Å². The van der Waals surface area contributed by atoms with E-state index in [0.29, 0.717) is 24.7 Å². The molecule has 3 amide bonds. The number of nitrogens with zero attached hydrogens (tertiary/aromatic N) is 8. The molecule has 5 aromatic rings. The van der Waals surface area contributed by atoms with Gasteiger partial charge in [-0.3, -0.25) is 19.3 Å². The third-order valence-corrected chi connectivity index (χ3v) is 12.9. The molecule has 6 heterocycles. The topological polar surface area (TPSA) is 181 Å². The van der Waals surface area contributed by atoms with Gasteiger partial charge in [-0.1, -0.05) is 25.9 Å². The highest BCUT2D eigenvalue weighted by molar-refractivity contribution is 6.12. The summed E-state index contributed by atoms with van der Waals surface area (Å²) in [7, 11) is 0. The smallest absolute Gasteiger partial charge is 0.315 e. The number of hydrogen-bond donors (Lipinski definition) is 4. The molecule has 3 aromatic heterocycles. The van der Waals surface area contributed by atoms with E-state index in [0.717, 1.165) is 105 Å². The first-order valence-corrected chi connectivity index (χ1v) is 21.8. The monoisotopic (exact) mass is 832 g/mol. The van der Waals surface area contributed by atoms with E-state index in [2.05, 4.69) is 99.8 Å². The van der Waals surface area contributed by atoms with Gasteiger partial charge in [-0.25, -0.2) is 9.97 Å². The van der Waals surface area contributed by atoms with Gasteiger partial charge in [0.1, 0.15) is 17.8 Å². The number of carbonyl (C=O) groups excluding carboxylic acids is 3. The second-order valence-electron chi connectivity index (χ2n) is 18.5. The van der Waals surface area contributed by atoms with Crippen molar-refractivity contribution in [2.75, 3.05) is 85.5 Å². The molecule has 3 aliphatic rings. The van der Waals surface area contributed by atoms with Crippen LogP contribution in [0.15, 0.2) is 53.3 Å². The normalized spacial score (nSPS) is 17.6. The number of fused-ring (bicyclic) bond motifs is 3. The van der Waals surface area contributed by atoms with Gasteiger partial charge in [0.05, 0.1) is 5.39 Å². The second kappa shape index (κ2) is 17.7. The highest BCUT2D eigenvalue weighted by atomic mass is 16.5. The Bertz CT molecular complexity index is 2310. The lowest BCUT2D eigenvalue weighted by Crippen LogP contribution is -2.52. The summed E-state index contributed by atoms with van der Waals surface area (Å²) in [5, 5.41) is 14.8. The Morgan fingerprint density at radius 2 is 1.54 bits per heavy atom. The van der Waals surface area contributed by atoms with E-state index in [1.807, 2.05) is 32.9 Å². The van der Waals surface area contributed by atoms with Crippen molar-refractivity contribution >= 4 is 63.0 Å². The fourth-order valence-corrected chi connectivity index (χ4v) is 9.17. The molecule has 0 saturated carbocycles. The van der Waals surface area contributed by atoms with Gasteiger partial charge in [-0.05, 0) is 93.8 Å². The molecule has 0 bridgehead atoms. The van der Waals surface area contributed by atoms with Crippen LogP contribution < -0.4 is 30.7 Å². The van der Waals surface area contributed by atoms with Gasteiger partial charge >= 0.3 is 11.8 Å². The summed E-state index contributed by atoms with van der Waals surface area (Å²) in [5.74, 6) is 1.96. The Morgan fingerprint density at radius 3 is 2.23 bits per heavy atom. The van der Waals surface area contributed by atoms with Gasteiger partial charge in [0.2, 0.25) is 12.3 Å². The molecule has 16 heteroatoms. The zero-order valence-electron chi connectivity index (χ0n) is 36.2. The van der Waals surface area contributed by atoms with Crippen LogP contribution in [0, 0.1) is 11.8 Å². The molecule has 0 aliphatic carbocycles. The highest BCUT2D eigenvalue weighted by Gasteiger charge is 2.36. The van der Waals surface area contributed by atoms with Crippen molar-refractivity contribution < 1.29 is 18.9 Å². The number of carbonyl (C=O) groups is 3. The van der Waals surface area contributed by atoms with E-state index < -0.39 is 5.54 Å². The van der Waals surface area contributed by atoms with E-state index in [-0.39, 0.29) is 35.5 Å². The lowest BCUT2D eigenvalue weighted by atomic mass is 9.80. The molecule has 4 N–H and O–H groups in total. The first-order chi connectivity index (χ1) is 29.3. The summed E-state index contributed by atoms with van der Waals surface area (Å²) in [6, 6.07) is 14.8. The summed E-state index contributed by atoms with van der Waals surface area (Å²) in [4.78, 5) is 63.0. The van der Waals surface area contributed by atoms with E-state index in [4.69, 9.17) is 9.51 Å². The number of piperidine rings is 2. The summed E-state index contributed by atoms with van der Waals surface area (Å²) in [5.41, 5.74) is 4.33. The van der Waals surface area contributed by atoms with Gasteiger partial charge in [0.15, 0.2) is 5.82 Å². The molecule has 61 heavy (non-hydrogen) atoms. The number of anilines is 4. The SMILES string of the molecule is CC(C)(C)c1noc(C(=O)NC(C)(C)C2CCN(c3ncnc4[nH]c5cc(N6CCN(CC7CCN(c8ccc(NC(=O)CCNC=O)cc8)CC7)CC6)ccc5c34)CC2)n1. The van der Waals surface area contributed by atoms with Crippen molar-refractivity contribution in [1.82, 2.24) is 40.6 Å². The number of hydrogen-bond acceptors (Lipinski definition) is 12. The maximum atomic E-state index is 13.1. The van der Waals surface area contributed by atoms with Gasteiger partial charge in [0.25, 0.3) is 0 Å². The summed E-state index contributed by atoms with van der Waals surface area (Å²) in [6.07, 6.45) is 6.64. The molecule has 324 valence electrons. The van der Waals surface area contributed by atoms with E-state index in [1.54, 1.807) is 6.33 Å². The maximum Gasteiger partial charge on any atom is 0.315 e. The van der Waals surface area contributed by atoms with Crippen LogP contribution in [0.4, 0.5) is 22.9 Å². The van der Waals surface area contributed by atoms with Crippen LogP contribution >= 0.6 is 0 Å². The van der Waals surface area contributed by atoms with Crippen LogP contribution in [0.1, 0.15) is 83.2 Å². The Kier molecular flexibility index (Phi) is 12.2. The van der Waals surface area contributed by atoms with E-state index in [1.165, 1.54) is 24.2 Å². The van der Waals surface area contributed by atoms with Crippen LogP contribution in [0.25, 0.3) is 21.9 Å². The molecule has 3 aliphatic heterocycles. The van der Waals surface area contributed by atoms with E-state index >= 15 is 0 Å². The van der Waals surface area contributed by atoms with Crippen LogP contribution in [-0.4, -0.2) is 119 Å². The number of H-pyrrole nitrogens is 1. The fraction of sp³-hybridized carbons (Fsp3) is 0.533. The number of piperazine rings is 1. The Labute approximate surface area is 357 Å². The quantitative estimate of drug-likeness (QED) is 0.0887. The fourth-order valence-electron chi connectivity index (χ4n) is 9.17. The molecule has 0 radical (unpaired) electrons. The van der Waals surface area contributed by atoms with Crippen LogP contribution in [0.2, 0.25) is 0 Å². The first kappa shape index (κ1) is 41.9. The van der Waals surface area contributed by atoms with Crippen molar-refractivity contribution in [1.29, 1.82) is 0 Å². The number of aromatic nitrogens is 5. The number of nitrogens with one attached hydrogen (secondary N) is 4. The van der Waals surface area contributed by atoms with Gasteiger partial charge in [0, 0.05) is 111 Å². The van der Waals surface area contributed by atoms with Crippen LogP contribution in [0.3, 0.4) is 0 Å². The standard InChI is InChI=1S/C45H60N12O4/c1-44(2,3)43-51-42(61-53-43)41(60)52-45(4,5)31-15-20-57(21-16-31)40-38-35-11-10-34(26-36(35)50-39(38)47-28-48-40)56-24-22-54(23-25-56)27-30-13-18-55(19-14-30)33-8-6-32(7-9-33)49-37(59)12-17-46-29-58/h6-11,26,28-31H,12-25,27H2,1-5H3,(H,46,58)(H,49,59)(H,52,60)(H,47,48,50). The highest BCUT2D eigenvalue weighted by Crippen LogP contribution is 2.37. The molecule has 0 atom stereocenters. The number of benzene rings is 2. The average Bonchev–Trinajstić information content (AvgIpc) is 3.91. The largest absolute Gasteiger partial charge is 0.372 e. The summed E-state index contributed by atoms with van der Waals surface area (Å²) < 4.78 is 5.31. The minimum atomic E-state index is -0.460. The van der Waals surface area contributed by atoms with E-state index in [9.17, 15) is 14.4 Å². The Balaban J connectivity index is 0.816. The average molecular weight is 833 g/mol. The zero-order valence-corrected chi connectivity index (χ0v) is 36.2. The third-order valence-electron chi connectivity index (χ3n) is 12.9. The van der Waals surface area contributed by atoms with Gasteiger partial charge in [-0.15, -0.1) is 0 Å². The van der Waals surface area contributed by atoms with Crippen molar-refractivity contribution in [2.24, 2.45) is 11.8 Å². The van der Waals surface area contributed by atoms with Crippen molar-refractivity contribution in [2.45, 2.75) is 77.7 Å².